The molecule has 4 N–H and O–H groups in total. The van der Waals surface area contributed by atoms with E-state index in [-0.39, 0.29) is 6.17 Å². The second-order valence-electron chi connectivity index (χ2n) is 8.56. The first-order valence-corrected chi connectivity index (χ1v) is 11.5. The molecule has 8 heteroatoms. The van der Waals surface area contributed by atoms with E-state index < -0.39 is 0 Å². The van der Waals surface area contributed by atoms with E-state index in [4.69, 9.17) is 15.0 Å². The van der Waals surface area contributed by atoms with Crippen molar-refractivity contribution in [1.29, 1.82) is 0 Å². The Balaban J connectivity index is 1.23. The van der Waals surface area contributed by atoms with Crippen LogP contribution in [0.1, 0.15) is 24.4 Å². The van der Waals surface area contributed by atoms with Crippen LogP contribution in [-0.2, 0) is 19.6 Å². The summed E-state index contributed by atoms with van der Waals surface area (Å²) < 4.78 is 0. The quantitative estimate of drug-likeness (QED) is 0.257. The molecule has 1 atom stereocenters. The largest absolute Gasteiger partial charge is 0.341 e. The van der Waals surface area contributed by atoms with Crippen molar-refractivity contribution in [3.05, 3.63) is 90.3 Å². The van der Waals surface area contributed by atoms with E-state index in [0.29, 0.717) is 19.6 Å². The number of benzene rings is 3. The third-order valence-corrected chi connectivity index (χ3v) is 6.13. The Morgan fingerprint density at radius 3 is 1.53 bits per heavy atom. The number of aromatic amines is 3. The van der Waals surface area contributed by atoms with Gasteiger partial charge in [0.1, 0.15) is 17.5 Å². The van der Waals surface area contributed by atoms with Crippen molar-refractivity contribution in [2.45, 2.75) is 32.7 Å². The van der Waals surface area contributed by atoms with Crippen molar-refractivity contribution in [3.8, 4) is 0 Å². The van der Waals surface area contributed by atoms with Gasteiger partial charge >= 0.3 is 0 Å². The third-order valence-electron chi connectivity index (χ3n) is 6.13. The second kappa shape index (κ2) is 8.74. The summed E-state index contributed by atoms with van der Waals surface area (Å²) in [6.07, 6.45) is 0.0506. The normalized spacial score (nSPS) is 12.9. The fourth-order valence-corrected chi connectivity index (χ4v) is 4.34. The average Bonchev–Trinajstić information content (AvgIpc) is 3.57. The van der Waals surface area contributed by atoms with E-state index in [1.807, 2.05) is 60.7 Å². The van der Waals surface area contributed by atoms with Crippen molar-refractivity contribution in [2.24, 2.45) is 0 Å². The molecule has 3 aromatic carbocycles. The molecule has 0 amide bonds. The molecular formula is C26H26N8. The molecule has 0 aliphatic rings. The van der Waals surface area contributed by atoms with Crippen LogP contribution < -0.4 is 5.32 Å². The van der Waals surface area contributed by atoms with Gasteiger partial charge in [0.25, 0.3) is 0 Å². The van der Waals surface area contributed by atoms with Crippen molar-refractivity contribution < 1.29 is 0 Å². The predicted molar refractivity (Wildman–Crippen MR) is 134 cm³/mol. The number of rotatable bonds is 8. The SMILES string of the molecule is CC(NCc1nc2ccccc2[nH]1)N(Cc1nc2ccccc2[nH]1)Cc1nc2ccccc2[nH]1. The van der Waals surface area contributed by atoms with Gasteiger partial charge in [0.2, 0.25) is 0 Å². The minimum Gasteiger partial charge on any atom is -0.341 e. The van der Waals surface area contributed by atoms with Crippen LogP contribution in [0.25, 0.3) is 33.1 Å². The number of fused-ring (bicyclic) bond motifs is 3. The van der Waals surface area contributed by atoms with Gasteiger partial charge in [0.05, 0.1) is 58.9 Å². The fraction of sp³-hybridized carbons (Fsp3) is 0.192. The maximum absolute atomic E-state index is 4.79. The lowest BCUT2D eigenvalue weighted by Gasteiger charge is -2.28. The second-order valence-corrected chi connectivity index (χ2v) is 8.56. The summed E-state index contributed by atoms with van der Waals surface area (Å²) in [6, 6.07) is 24.3. The van der Waals surface area contributed by atoms with Crippen LogP contribution in [0.5, 0.6) is 0 Å². The molecular weight excluding hydrogens is 424 g/mol. The van der Waals surface area contributed by atoms with Crippen molar-refractivity contribution in [1.82, 2.24) is 40.1 Å². The monoisotopic (exact) mass is 450 g/mol. The topological polar surface area (TPSA) is 101 Å². The summed E-state index contributed by atoms with van der Waals surface area (Å²) in [5, 5.41) is 3.62. The molecule has 34 heavy (non-hydrogen) atoms. The van der Waals surface area contributed by atoms with Crippen molar-refractivity contribution in [3.63, 3.8) is 0 Å². The molecule has 170 valence electrons. The first-order chi connectivity index (χ1) is 16.7. The average molecular weight is 451 g/mol. The predicted octanol–water partition coefficient (Wildman–Crippen LogP) is 4.45. The lowest BCUT2D eigenvalue weighted by atomic mass is 10.3. The van der Waals surface area contributed by atoms with Gasteiger partial charge in [-0.2, -0.15) is 0 Å². The van der Waals surface area contributed by atoms with Gasteiger partial charge in [0, 0.05) is 0 Å². The molecule has 0 radical (unpaired) electrons. The Hall–Kier alpha value is -4.01. The molecule has 1 unspecified atom stereocenters. The van der Waals surface area contributed by atoms with Crippen molar-refractivity contribution >= 4 is 33.1 Å². The Morgan fingerprint density at radius 2 is 1.06 bits per heavy atom. The van der Waals surface area contributed by atoms with Crippen molar-refractivity contribution in [2.75, 3.05) is 0 Å². The zero-order valence-corrected chi connectivity index (χ0v) is 18.9. The molecule has 0 aliphatic carbocycles. The number of hydrogen-bond acceptors (Lipinski definition) is 5. The molecule has 0 fully saturated rings. The molecule has 6 aromatic rings. The summed E-state index contributed by atoms with van der Waals surface area (Å²) in [5.74, 6) is 2.77. The number of H-pyrrole nitrogens is 3. The number of imidazole rings is 3. The summed E-state index contributed by atoms with van der Waals surface area (Å²) >= 11 is 0. The first kappa shape index (κ1) is 20.6. The zero-order chi connectivity index (χ0) is 22.9. The van der Waals surface area contributed by atoms with Crippen LogP contribution >= 0.6 is 0 Å². The van der Waals surface area contributed by atoms with Crippen LogP contribution in [-0.4, -0.2) is 41.0 Å². The number of nitrogens with one attached hydrogen (secondary N) is 4. The Kier molecular flexibility index (Phi) is 5.29. The molecule has 0 saturated heterocycles. The van der Waals surface area contributed by atoms with Gasteiger partial charge in [-0.3, -0.25) is 10.2 Å². The minimum atomic E-state index is 0.0506. The number of nitrogens with zero attached hydrogens (tertiary/aromatic N) is 4. The molecule has 6 rings (SSSR count). The zero-order valence-electron chi connectivity index (χ0n) is 18.9. The smallest absolute Gasteiger partial charge is 0.121 e. The highest BCUT2D eigenvalue weighted by Crippen LogP contribution is 2.17. The Morgan fingerprint density at radius 1 is 0.647 bits per heavy atom. The molecule has 3 heterocycles. The van der Waals surface area contributed by atoms with E-state index >= 15 is 0 Å². The molecule has 0 aliphatic heterocycles. The van der Waals surface area contributed by atoms with Gasteiger partial charge < -0.3 is 15.0 Å². The van der Waals surface area contributed by atoms with Crippen LogP contribution in [0.3, 0.4) is 0 Å². The van der Waals surface area contributed by atoms with Crippen LogP contribution in [0, 0.1) is 0 Å². The minimum absolute atomic E-state index is 0.0506. The number of hydrogen-bond donors (Lipinski definition) is 4. The molecule has 0 spiro atoms. The van der Waals surface area contributed by atoms with E-state index in [1.165, 1.54) is 0 Å². The molecule has 0 bridgehead atoms. The molecule has 8 nitrogen and oxygen atoms in total. The van der Waals surface area contributed by atoms with Crippen LogP contribution in [0.4, 0.5) is 0 Å². The molecule has 3 aromatic heterocycles. The van der Waals surface area contributed by atoms with E-state index in [9.17, 15) is 0 Å². The van der Waals surface area contributed by atoms with Gasteiger partial charge in [0.15, 0.2) is 0 Å². The Labute approximate surface area is 196 Å². The van der Waals surface area contributed by atoms with Gasteiger partial charge in [-0.15, -0.1) is 0 Å². The van der Waals surface area contributed by atoms with Gasteiger partial charge in [-0.05, 0) is 43.3 Å². The standard InChI is InChI=1S/C26H26N8/c1-17(27-14-24-28-18-8-2-3-9-19(18)29-24)34(15-25-30-20-10-4-5-11-21(20)31-25)16-26-32-22-12-6-7-13-23(22)33-26/h2-13,17,27H,14-16H2,1H3,(H,28,29)(H,30,31)(H,32,33). The van der Waals surface area contributed by atoms with Crippen LogP contribution in [0.2, 0.25) is 0 Å². The van der Waals surface area contributed by atoms with Gasteiger partial charge in [-0.25, -0.2) is 15.0 Å². The highest BCUT2D eigenvalue weighted by atomic mass is 15.3. The van der Waals surface area contributed by atoms with Gasteiger partial charge in [-0.1, -0.05) is 36.4 Å². The maximum atomic E-state index is 4.79. The summed E-state index contributed by atoms with van der Waals surface area (Å²) in [4.78, 5) is 26.9. The number of para-hydroxylation sites is 6. The third kappa shape index (κ3) is 4.16. The van der Waals surface area contributed by atoms with E-state index in [0.717, 1.165) is 50.6 Å². The van der Waals surface area contributed by atoms with E-state index in [1.54, 1.807) is 0 Å². The lowest BCUT2D eigenvalue weighted by Crippen LogP contribution is -2.43. The van der Waals surface area contributed by atoms with E-state index in [2.05, 4.69) is 44.2 Å². The maximum Gasteiger partial charge on any atom is 0.121 e. The first-order valence-electron chi connectivity index (χ1n) is 11.5. The lowest BCUT2D eigenvalue weighted by molar-refractivity contribution is 0.152. The highest BCUT2D eigenvalue weighted by Gasteiger charge is 2.19. The summed E-state index contributed by atoms with van der Waals surface area (Å²) in [5.41, 5.74) is 6.07. The summed E-state index contributed by atoms with van der Waals surface area (Å²) in [7, 11) is 0. The highest BCUT2D eigenvalue weighted by molar-refractivity contribution is 5.76. The Bertz CT molecular complexity index is 1380. The molecule has 0 saturated carbocycles. The number of aromatic nitrogens is 6. The summed E-state index contributed by atoms with van der Waals surface area (Å²) in [6.45, 7) is 4.10. The van der Waals surface area contributed by atoms with Crippen LogP contribution in [0.15, 0.2) is 72.8 Å². The fourth-order valence-electron chi connectivity index (χ4n) is 4.34.